The minimum Gasteiger partial charge on any atom is -0.398 e. The first-order valence-corrected chi connectivity index (χ1v) is 6.13. The highest BCUT2D eigenvalue weighted by atomic mass is 19.4. The Kier molecular flexibility index (Phi) is 3.88. The Morgan fingerprint density at radius 1 is 1.14 bits per heavy atom. The van der Waals surface area contributed by atoms with Crippen LogP contribution in [0.5, 0.6) is 0 Å². The summed E-state index contributed by atoms with van der Waals surface area (Å²) in [7, 11) is 0. The van der Waals surface area contributed by atoms with Gasteiger partial charge in [0.2, 0.25) is 0 Å². The van der Waals surface area contributed by atoms with Crippen molar-refractivity contribution in [2.45, 2.75) is 13.1 Å². The second-order valence-corrected chi connectivity index (χ2v) is 4.57. The van der Waals surface area contributed by atoms with Crippen molar-refractivity contribution in [1.82, 2.24) is 0 Å². The van der Waals surface area contributed by atoms with Gasteiger partial charge >= 0.3 is 6.18 Å². The number of hydrogen-bond donors (Lipinski definition) is 2. The zero-order valence-electron chi connectivity index (χ0n) is 11.2. The van der Waals surface area contributed by atoms with Crippen LogP contribution in [0.2, 0.25) is 0 Å². The van der Waals surface area contributed by atoms with Gasteiger partial charge in [-0.2, -0.15) is 13.2 Å². The molecule has 3 N–H and O–H groups in total. The van der Waals surface area contributed by atoms with Crippen LogP contribution < -0.4 is 11.1 Å². The maximum Gasteiger partial charge on any atom is 0.416 e. The van der Waals surface area contributed by atoms with E-state index in [4.69, 9.17) is 5.73 Å². The molecule has 0 aliphatic rings. The highest BCUT2D eigenvalue weighted by molar-refractivity contribution is 6.08. The van der Waals surface area contributed by atoms with E-state index >= 15 is 0 Å². The normalized spacial score (nSPS) is 11.2. The molecule has 3 nitrogen and oxygen atoms in total. The fraction of sp³-hybridized carbons (Fsp3) is 0.133. The Hall–Kier alpha value is -2.50. The Labute approximate surface area is 119 Å². The lowest BCUT2D eigenvalue weighted by Gasteiger charge is -2.13. The molecule has 110 valence electrons. The van der Waals surface area contributed by atoms with Gasteiger partial charge in [-0.3, -0.25) is 4.79 Å². The van der Waals surface area contributed by atoms with E-state index in [0.29, 0.717) is 5.56 Å². The zero-order chi connectivity index (χ0) is 15.6. The van der Waals surface area contributed by atoms with Gasteiger partial charge < -0.3 is 11.1 Å². The average Bonchev–Trinajstić information content (AvgIpc) is 2.40. The van der Waals surface area contributed by atoms with Crippen LogP contribution in [-0.4, -0.2) is 5.91 Å². The van der Waals surface area contributed by atoms with Crippen LogP contribution in [0, 0.1) is 6.92 Å². The van der Waals surface area contributed by atoms with Crippen molar-refractivity contribution in [3.63, 3.8) is 0 Å². The molecule has 0 saturated carbocycles. The molecule has 2 aromatic carbocycles. The van der Waals surface area contributed by atoms with E-state index in [1.807, 2.05) is 0 Å². The van der Waals surface area contributed by atoms with E-state index in [0.717, 1.165) is 12.1 Å². The number of nitrogens with two attached hydrogens (primary N) is 1. The third-order valence-electron chi connectivity index (χ3n) is 3.02. The third-order valence-corrected chi connectivity index (χ3v) is 3.02. The number of nitrogens with one attached hydrogen (secondary N) is 1. The molecule has 0 radical (unpaired) electrons. The van der Waals surface area contributed by atoms with E-state index in [1.54, 1.807) is 25.1 Å². The summed E-state index contributed by atoms with van der Waals surface area (Å²) in [6.45, 7) is 1.62. The number of nitrogen functional groups attached to an aromatic ring is 1. The molecular formula is C15H13F3N2O. The molecule has 0 unspecified atom stereocenters. The fourth-order valence-electron chi connectivity index (χ4n) is 1.83. The lowest BCUT2D eigenvalue weighted by molar-refractivity contribution is -0.137. The summed E-state index contributed by atoms with van der Waals surface area (Å²) in [6, 6.07) is 9.55. The SMILES string of the molecule is Cc1ccc(C(F)(F)F)cc1NC(=O)c1ccccc1N. The number of anilines is 2. The molecular weight excluding hydrogens is 281 g/mol. The summed E-state index contributed by atoms with van der Waals surface area (Å²) in [4.78, 5) is 12.1. The molecule has 6 heteroatoms. The number of alkyl halides is 3. The molecule has 0 atom stereocenters. The molecule has 0 spiro atoms. The first kappa shape index (κ1) is 14.9. The predicted molar refractivity (Wildman–Crippen MR) is 75.0 cm³/mol. The second-order valence-electron chi connectivity index (χ2n) is 4.57. The maximum absolute atomic E-state index is 12.7. The van der Waals surface area contributed by atoms with Crippen molar-refractivity contribution >= 4 is 17.3 Å². The average molecular weight is 294 g/mol. The van der Waals surface area contributed by atoms with E-state index in [2.05, 4.69) is 5.32 Å². The van der Waals surface area contributed by atoms with Gasteiger partial charge in [0, 0.05) is 11.4 Å². The first-order chi connectivity index (χ1) is 9.79. The molecule has 2 aromatic rings. The van der Waals surface area contributed by atoms with Crippen molar-refractivity contribution in [2.24, 2.45) is 0 Å². The molecule has 0 saturated heterocycles. The Morgan fingerprint density at radius 2 is 1.81 bits per heavy atom. The molecule has 0 aromatic heterocycles. The topological polar surface area (TPSA) is 55.1 Å². The highest BCUT2D eigenvalue weighted by Gasteiger charge is 2.31. The molecule has 0 bridgehead atoms. The zero-order valence-corrected chi connectivity index (χ0v) is 11.2. The Morgan fingerprint density at radius 3 is 2.43 bits per heavy atom. The van der Waals surface area contributed by atoms with Gasteiger partial charge in [0.25, 0.3) is 5.91 Å². The van der Waals surface area contributed by atoms with Crippen LogP contribution in [-0.2, 0) is 6.18 Å². The van der Waals surface area contributed by atoms with Gasteiger partial charge in [-0.05, 0) is 36.8 Å². The molecule has 0 aliphatic carbocycles. The first-order valence-electron chi connectivity index (χ1n) is 6.13. The van der Waals surface area contributed by atoms with E-state index in [-0.39, 0.29) is 16.9 Å². The minimum absolute atomic E-state index is 0.109. The fourth-order valence-corrected chi connectivity index (χ4v) is 1.83. The van der Waals surface area contributed by atoms with Crippen molar-refractivity contribution in [3.8, 4) is 0 Å². The molecule has 0 aliphatic heterocycles. The molecule has 2 rings (SSSR count). The predicted octanol–water partition coefficient (Wildman–Crippen LogP) is 3.85. The molecule has 21 heavy (non-hydrogen) atoms. The van der Waals surface area contributed by atoms with Gasteiger partial charge in [-0.1, -0.05) is 18.2 Å². The quantitative estimate of drug-likeness (QED) is 0.827. The molecule has 1 amide bonds. The second kappa shape index (κ2) is 5.47. The van der Waals surface area contributed by atoms with Crippen LogP contribution in [0.25, 0.3) is 0 Å². The smallest absolute Gasteiger partial charge is 0.398 e. The number of rotatable bonds is 2. The van der Waals surface area contributed by atoms with Crippen molar-refractivity contribution in [2.75, 3.05) is 11.1 Å². The van der Waals surface area contributed by atoms with Gasteiger partial charge in [-0.25, -0.2) is 0 Å². The summed E-state index contributed by atoms with van der Waals surface area (Å²) in [6.07, 6.45) is -4.46. The van der Waals surface area contributed by atoms with E-state index in [9.17, 15) is 18.0 Å². The third kappa shape index (κ3) is 3.34. The Balaban J connectivity index is 2.31. The molecule has 0 heterocycles. The maximum atomic E-state index is 12.7. The van der Waals surface area contributed by atoms with Crippen LogP contribution in [0.15, 0.2) is 42.5 Å². The van der Waals surface area contributed by atoms with Gasteiger partial charge in [0.1, 0.15) is 0 Å². The summed E-state index contributed by atoms with van der Waals surface area (Å²) in [5.41, 5.74) is 5.98. The van der Waals surface area contributed by atoms with Crippen molar-refractivity contribution in [3.05, 3.63) is 59.2 Å². The largest absolute Gasteiger partial charge is 0.416 e. The van der Waals surface area contributed by atoms with Crippen LogP contribution in [0.4, 0.5) is 24.5 Å². The number of halogens is 3. The number of para-hydroxylation sites is 1. The lowest BCUT2D eigenvalue weighted by atomic mass is 10.1. The number of hydrogen-bond acceptors (Lipinski definition) is 2. The standard InChI is InChI=1S/C15H13F3N2O/c1-9-6-7-10(15(16,17)18)8-13(9)20-14(21)11-4-2-3-5-12(11)19/h2-8H,19H2,1H3,(H,20,21). The Bertz CT molecular complexity index is 681. The molecule has 0 fully saturated rings. The van der Waals surface area contributed by atoms with Crippen LogP contribution in [0.1, 0.15) is 21.5 Å². The number of amides is 1. The van der Waals surface area contributed by atoms with Crippen LogP contribution in [0.3, 0.4) is 0 Å². The van der Waals surface area contributed by atoms with Gasteiger partial charge in [0.05, 0.1) is 11.1 Å². The summed E-state index contributed by atoms with van der Waals surface area (Å²) >= 11 is 0. The number of carbonyl (C=O) groups excluding carboxylic acids is 1. The summed E-state index contributed by atoms with van der Waals surface area (Å²) in [5, 5.41) is 2.46. The number of aryl methyl sites for hydroxylation is 1. The number of carbonyl (C=O) groups is 1. The van der Waals surface area contributed by atoms with Crippen molar-refractivity contribution < 1.29 is 18.0 Å². The summed E-state index contributed by atoms with van der Waals surface area (Å²) < 4.78 is 38.1. The summed E-state index contributed by atoms with van der Waals surface area (Å²) in [5.74, 6) is -0.546. The van der Waals surface area contributed by atoms with Gasteiger partial charge in [-0.15, -0.1) is 0 Å². The van der Waals surface area contributed by atoms with Crippen molar-refractivity contribution in [1.29, 1.82) is 0 Å². The number of benzene rings is 2. The van der Waals surface area contributed by atoms with E-state index < -0.39 is 17.6 Å². The van der Waals surface area contributed by atoms with E-state index in [1.165, 1.54) is 12.1 Å². The lowest BCUT2D eigenvalue weighted by Crippen LogP contribution is -2.15. The monoisotopic (exact) mass is 294 g/mol. The minimum atomic E-state index is -4.46. The highest BCUT2D eigenvalue weighted by Crippen LogP contribution is 2.32. The van der Waals surface area contributed by atoms with Crippen LogP contribution >= 0.6 is 0 Å². The van der Waals surface area contributed by atoms with Gasteiger partial charge in [0.15, 0.2) is 0 Å².